The summed E-state index contributed by atoms with van der Waals surface area (Å²) in [6.45, 7) is 10.4. The fourth-order valence-electron chi connectivity index (χ4n) is 4.43. The van der Waals surface area contributed by atoms with Crippen LogP contribution < -0.4 is 4.57 Å². The lowest BCUT2D eigenvalue weighted by Gasteiger charge is -2.08. The zero-order valence-electron chi connectivity index (χ0n) is 20.6. The third-order valence-electron chi connectivity index (χ3n) is 6.35. The summed E-state index contributed by atoms with van der Waals surface area (Å²) in [4.78, 5) is 0. The number of nitrogens with zero attached hydrogens (tertiary/aromatic N) is 2. The molecule has 1 aromatic heterocycles. The molecule has 0 aromatic carbocycles. The third kappa shape index (κ3) is 12.5. The molecule has 0 unspecified atom stereocenters. The summed E-state index contributed by atoms with van der Waals surface area (Å²) in [6.07, 6.45) is 29.9. The van der Waals surface area contributed by atoms with E-state index >= 15 is 0 Å². The normalized spacial score (nSPS) is 11.6. The molecule has 170 valence electrons. The molecule has 0 fully saturated rings. The van der Waals surface area contributed by atoms with Crippen molar-refractivity contribution in [3.05, 3.63) is 18.2 Å². The van der Waals surface area contributed by atoms with E-state index in [2.05, 4.69) is 49.2 Å². The van der Waals surface area contributed by atoms with Crippen molar-refractivity contribution in [3.8, 4) is 0 Å². The summed E-state index contributed by atoms with van der Waals surface area (Å²) in [7, 11) is 0. The summed E-state index contributed by atoms with van der Waals surface area (Å²) in [5.74, 6) is 1.56. The second kappa shape index (κ2) is 18.0. The Morgan fingerprint density at radius 2 is 1.10 bits per heavy atom. The zero-order chi connectivity index (χ0) is 21.2. The molecule has 0 saturated heterocycles. The maximum Gasteiger partial charge on any atom is 0.256 e. The smallest absolute Gasteiger partial charge is 0.234 e. The summed E-state index contributed by atoms with van der Waals surface area (Å²) in [5.41, 5.74) is 0. The minimum Gasteiger partial charge on any atom is -0.234 e. The van der Waals surface area contributed by atoms with E-state index in [1.807, 2.05) is 0 Å². The van der Waals surface area contributed by atoms with Crippen molar-refractivity contribution in [1.82, 2.24) is 4.57 Å². The first-order chi connectivity index (χ1) is 14.2. The minimum absolute atomic E-state index is 0.573. The molecule has 0 aliphatic rings. The molecular formula is C27H53N2+. The van der Waals surface area contributed by atoms with Gasteiger partial charge in [-0.1, -0.05) is 104 Å². The van der Waals surface area contributed by atoms with Gasteiger partial charge in [0.05, 0.1) is 12.6 Å². The van der Waals surface area contributed by atoms with Gasteiger partial charge < -0.3 is 0 Å². The summed E-state index contributed by atoms with van der Waals surface area (Å²) < 4.78 is 5.07. The molecule has 0 atom stereocenters. The van der Waals surface area contributed by atoms with Gasteiger partial charge in [0.2, 0.25) is 0 Å². The SMILES string of the molecule is CCCCCCCCCCC[n+]1ccn(C(C)C)c1CCCCCCCCCC. The van der Waals surface area contributed by atoms with Gasteiger partial charge in [-0.2, -0.15) is 0 Å². The Morgan fingerprint density at radius 3 is 1.59 bits per heavy atom. The molecule has 1 rings (SSSR count). The molecule has 2 heteroatoms. The highest BCUT2D eigenvalue weighted by atomic mass is 15.2. The lowest BCUT2D eigenvalue weighted by Crippen LogP contribution is -2.37. The predicted molar refractivity (Wildman–Crippen MR) is 129 cm³/mol. The van der Waals surface area contributed by atoms with Gasteiger partial charge in [-0.15, -0.1) is 0 Å². The van der Waals surface area contributed by atoms with E-state index in [0.717, 1.165) is 0 Å². The average Bonchev–Trinajstić information content (AvgIpc) is 3.11. The van der Waals surface area contributed by atoms with Crippen LogP contribution in [0, 0.1) is 0 Å². The molecule has 2 nitrogen and oxygen atoms in total. The van der Waals surface area contributed by atoms with Crippen LogP contribution in [0.4, 0.5) is 0 Å². The fourth-order valence-corrected chi connectivity index (χ4v) is 4.43. The van der Waals surface area contributed by atoms with Crippen molar-refractivity contribution < 1.29 is 4.57 Å². The first kappa shape index (κ1) is 26.2. The molecule has 0 amide bonds. The number of aryl methyl sites for hydroxylation is 1. The van der Waals surface area contributed by atoms with Gasteiger partial charge >= 0.3 is 0 Å². The Bertz CT molecular complexity index is 475. The van der Waals surface area contributed by atoms with Crippen molar-refractivity contribution in [3.63, 3.8) is 0 Å². The van der Waals surface area contributed by atoms with Crippen LogP contribution in [0.5, 0.6) is 0 Å². The molecular weight excluding hydrogens is 352 g/mol. The van der Waals surface area contributed by atoms with Gasteiger partial charge in [-0.25, -0.2) is 9.13 Å². The van der Waals surface area contributed by atoms with Crippen LogP contribution in [-0.4, -0.2) is 4.57 Å². The van der Waals surface area contributed by atoms with Crippen LogP contribution in [0.1, 0.15) is 149 Å². The lowest BCUT2D eigenvalue weighted by molar-refractivity contribution is -0.704. The van der Waals surface area contributed by atoms with Gasteiger partial charge in [0, 0.05) is 6.42 Å². The summed E-state index contributed by atoms with van der Waals surface area (Å²) >= 11 is 0. The number of hydrogen-bond donors (Lipinski definition) is 0. The lowest BCUT2D eigenvalue weighted by atomic mass is 10.1. The van der Waals surface area contributed by atoms with Crippen molar-refractivity contribution in [2.24, 2.45) is 0 Å². The molecule has 0 radical (unpaired) electrons. The van der Waals surface area contributed by atoms with Crippen molar-refractivity contribution in [2.75, 3.05) is 0 Å². The van der Waals surface area contributed by atoms with Gasteiger partial charge in [0.1, 0.15) is 12.4 Å². The molecule has 1 aromatic rings. The van der Waals surface area contributed by atoms with Gasteiger partial charge in [-0.3, -0.25) is 0 Å². The Kier molecular flexibility index (Phi) is 16.3. The van der Waals surface area contributed by atoms with E-state index in [-0.39, 0.29) is 0 Å². The van der Waals surface area contributed by atoms with Crippen LogP contribution in [0.15, 0.2) is 12.4 Å². The second-order valence-corrected chi connectivity index (χ2v) is 9.46. The van der Waals surface area contributed by atoms with E-state index in [1.54, 1.807) is 5.82 Å². The largest absolute Gasteiger partial charge is 0.256 e. The quantitative estimate of drug-likeness (QED) is 0.152. The van der Waals surface area contributed by atoms with Crippen LogP contribution in [0.25, 0.3) is 0 Å². The number of imidazole rings is 1. The molecule has 29 heavy (non-hydrogen) atoms. The molecule has 0 bridgehead atoms. The Labute approximate surface area is 183 Å². The zero-order valence-corrected chi connectivity index (χ0v) is 20.6. The van der Waals surface area contributed by atoms with Gasteiger partial charge in [0.15, 0.2) is 0 Å². The van der Waals surface area contributed by atoms with Gasteiger partial charge in [0.25, 0.3) is 5.82 Å². The topological polar surface area (TPSA) is 8.81 Å². The minimum atomic E-state index is 0.573. The Morgan fingerprint density at radius 1 is 0.655 bits per heavy atom. The molecule has 0 saturated carbocycles. The van der Waals surface area contributed by atoms with Crippen LogP contribution in [-0.2, 0) is 13.0 Å². The van der Waals surface area contributed by atoms with Crippen molar-refractivity contribution in [2.45, 2.75) is 156 Å². The molecule has 0 N–H and O–H groups in total. The van der Waals surface area contributed by atoms with E-state index < -0.39 is 0 Å². The summed E-state index contributed by atoms with van der Waals surface area (Å²) in [6, 6.07) is 0.573. The van der Waals surface area contributed by atoms with Crippen LogP contribution in [0.3, 0.4) is 0 Å². The highest BCUT2D eigenvalue weighted by Crippen LogP contribution is 2.14. The molecule has 0 aliphatic carbocycles. The highest BCUT2D eigenvalue weighted by Gasteiger charge is 2.18. The first-order valence-electron chi connectivity index (χ1n) is 13.3. The summed E-state index contributed by atoms with van der Waals surface area (Å²) in [5, 5.41) is 0. The van der Waals surface area contributed by atoms with Crippen LogP contribution in [0.2, 0.25) is 0 Å². The first-order valence-corrected chi connectivity index (χ1v) is 13.3. The van der Waals surface area contributed by atoms with E-state index in [1.165, 1.54) is 122 Å². The monoisotopic (exact) mass is 405 g/mol. The van der Waals surface area contributed by atoms with E-state index in [0.29, 0.717) is 6.04 Å². The number of hydrogen-bond acceptors (Lipinski definition) is 0. The van der Waals surface area contributed by atoms with Crippen LogP contribution >= 0.6 is 0 Å². The second-order valence-electron chi connectivity index (χ2n) is 9.46. The Hall–Kier alpha value is -0.790. The average molecular weight is 406 g/mol. The predicted octanol–water partition coefficient (Wildman–Crippen LogP) is 8.57. The van der Waals surface area contributed by atoms with Gasteiger partial charge in [-0.05, 0) is 33.1 Å². The maximum absolute atomic E-state index is 2.56. The Balaban J connectivity index is 2.25. The third-order valence-corrected chi connectivity index (χ3v) is 6.35. The number of rotatable bonds is 20. The molecule has 0 spiro atoms. The number of unbranched alkanes of at least 4 members (excludes halogenated alkanes) is 15. The van der Waals surface area contributed by atoms with Crippen molar-refractivity contribution >= 4 is 0 Å². The molecule has 0 aliphatic heterocycles. The van der Waals surface area contributed by atoms with E-state index in [9.17, 15) is 0 Å². The highest BCUT2D eigenvalue weighted by molar-refractivity contribution is 4.86. The maximum atomic E-state index is 2.56. The standard InChI is InChI=1S/C27H53N2/c1-5-7-9-11-13-15-17-19-21-23-28-24-25-29(26(3)4)27(28)22-20-18-16-14-12-10-8-6-2/h24-26H,5-23H2,1-4H3/q+1. The number of aromatic nitrogens is 2. The van der Waals surface area contributed by atoms with E-state index in [4.69, 9.17) is 0 Å². The fraction of sp³-hybridized carbons (Fsp3) is 0.889. The van der Waals surface area contributed by atoms with Crippen molar-refractivity contribution in [1.29, 1.82) is 0 Å². The molecule has 1 heterocycles.